The van der Waals surface area contributed by atoms with Crippen molar-refractivity contribution in [3.8, 4) is 0 Å². The molecule has 0 heterocycles. The average molecular weight is 274 g/mol. The Morgan fingerprint density at radius 2 is 1.89 bits per heavy atom. The molecule has 0 aromatic rings. The van der Waals surface area contributed by atoms with Crippen molar-refractivity contribution < 1.29 is 23.5 Å². The number of hydrogen-bond acceptors (Lipinski definition) is 5. The first kappa shape index (κ1) is 16.9. The zero-order valence-corrected chi connectivity index (χ0v) is 12.7. The van der Waals surface area contributed by atoms with Crippen LogP contribution in [0.1, 0.15) is 13.3 Å². The van der Waals surface area contributed by atoms with Gasteiger partial charge in [-0.3, -0.25) is 4.79 Å². The molecule has 0 aliphatic rings. The van der Waals surface area contributed by atoms with Crippen LogP contribution in [0, 0.1) is 0 Å². The molecule has 104 valence electrons. The molecule has 0 spiro atoms. The minimum absolute atomic E-state index is 0.0248. The van der Waals surface area contributed by atoms with E-state index in [1.807, 2.05) is 19.6 Å². The van der Waals surface area contributed by atoms with Crippen LogP contribution in [0.3, 0.4) is 0 Å². The van der Waals surface area contributed by atoms with Crippen LogP contribution in [-0.2, 0) is 23.5 Å². The monoisotopic (exact) mass is 274 g/mol. The van der Waals surface area contributed by atoms with E-state index < -0.39 is 20.4 Å². The van der Waals surface area contributed by atoms with Crippen LogP contribution in [-0.4, -0.2) is 39.9 Å². The Bertz CT molecular complexity index is 306. The third-order valence-corrected chi connectivity index (χ3v) is 2.81. The van der Waals surface area contributed by atoms with Crippen LogP contribution in [0.15, 0.2) is 12.3 Å². The van der Waals surface area contributed by atoms with E-state index in [-0.39, 0.29) is 18.8 Å². The van der Waals surface area contributed by atoms with Gasteiger partial charge in [0.2, 0.25) is 0 Å². The minimum Gasteiger partial charge on any atom is -0.504 e. The molecule has 6 heteroatoms. The Balaban J connectivity index is 4.61. The van der Waals surface area contributed by atoms with Gasteiger partial charge in [-0.05, 0) is 26.6 Å². The highest BCUT2D eigenvalue weighted by atomic mass is 28.4. The molecule has 0 rings (SSSR count). The number of carbonyl (C=O) groups excluding carboxylic acids is 2. The molecule has 0 N–H and O–H groups in total. The number of carbonyl (C=O) groups is 2. The zero-order valence-electron chi connectivity index (χ0n) is 11.7. The second-order valence-corrected chi connectivity index (χ2v) is 9.14. The number of rotatable bonds is 8. The molecular formula is C12H22O5Si. The molecule has 0 radical (unpaired) electrons. The first-order chi connectivity index (χ1) is 8.30. The third-order valence-electron chi connectivity index (χ3n) is 1.82. The predicted octanol–water partition coefficient (Wildman–Crippen LogP) is 1.89. The van der Waals surface area contributed by atoms with Crippen molar-refractivity contribution in [1.82, 2.24) is 0 Å². The first-order valence-corrected chi connectivity index (χ1v) is 9.27. The summed E-state index contributed by atoms with van der Waals surface area (Å²) in [6.45, 7) is 7.85. The number of allylic oxidation sites excluding steroid dienone is 1. The van der Waals surface area contributed by atoms with Gasteiger partial charge in [-0.1, -0.05) is 0 Å². The molecule has 0 bridgehead atoms. The Hall–Kier alpha value is -1.14. The van der Waals surface area contributed by atoms with Crippen molar-refractivity contribution >= 4 is 20.1 Å². The molecule has 5 nitrogen and oxygen atoms in total. The molecular weight excluding hydrogens is 252 g/mol. The Kier molecular flexibility index (Phi) is 7.53. The fourth-order valence-corrected chi connectivity index (χ4v) is 2.26. The highest BCUT2D eigenvalue weighted by molar-refractivity contribution is 6.69. The smallest absolute Gasteiger partial charge is 0.334 e. The quantitative estimate of drug-likeness (QED) is 0.293. The molecule has 0 aromatic carbocycles. The van der Waals surface area contributed by atoms with E-state index in [1.165, 1.54) is 19.4 Å². The molecule has 0 amide bonds. The molecule has 18 heavy (non-hydrogen) atoms. The fraction of sp³-hybridized carbons (Fsp3) is 0.667. The fourth-order valence-electron chi connectivity index (χ4n) is 1.23. The highest BCUT2D eigenvalue weighted by Crippen LogP contribution is 2.12. The van der Waals surface area contributed by atoms with Crippen molar-refractivity contribution in [1.29, 1.82) is 0 Å². The molecule has 0 aliphatic heterocycles. The van der Waals surface area contributed by atoms with Gasteiger partial charge in [0.15, 0.2) is 20.2 Å². The summed E-state index contributed by atoms with van der Waals surface area (Å²) in [5, 5.41) is 0. The van der Waals surface area contributed by atoms with Crippen LogP contribution in [0.2, 0.25) is 19.6 Å². The molecule has 0 aromatic heterocycles. The normalized spacial score (nSPS) is 13.4. The van der Waals surface area contributed by atoms with Crippen LogP contribution < -0.4 is 0 Å². The average Bonchev–Trinajstić information content (AvgIpc) is 2.24. The molecule has 0 saturated heterocycles. The maximum atomic E-state index is 11.7. The summed E-state index contributed by atoms with van der Waals surface area (Å²) in [5.41, 5.74) is 0. The topological polar surface area (TPSA) is 61.8 Å². The summed E-state index contributed by atoms with van der Waals surface area (Å²) < 4.78 is 15.2. The van der Waals surface area contributed by atoms with Crippen molar-refractivity contribution in [2.24, 2.45) is 0 Å². The van der Waals surface area contributed by atoms with E-state index in [1.54, 1.807) is 6.92 Å². The molecule has 0 saturated carbocycles. The molecule has 0 unspecified atom stereocenters. The zero-order chi connectivity index (χ0) is 14.2. The second kappa shape index (κ2) is 8.05. The number of ether oxygens (including phenoxy) is 2. The highest BCUT2D eigenvalue weighted by Gasteiger charge is 2.29. The second-order valence-electron chi connectivity index (χ2n) is 4.68. The standard InChI is InChI=1S/C12H22O5Si/c1-6-16-12(14)11(17-18(3,4)5)9-10(13)7-8-15-2/h7-8,11H,6,9H2,1-5H3/b8-7+/t11-/m0/s1. The van der Waals surface area contributed by atoms with Crippen LogP contribution in [0.25, 0.3) is 0 Å². The number of methoxy groups -OCH3 is 1. The van der Waals surface area contributed by atoms with Crippen molar-refractivity contribution in [2.75, 3.05) is 13.7 Å². The van der Waals surface area contributed by atoms with Gasteiger partial charge in [-0.25, -0.2) is 4.79 Å². The van der Waals surface area contributed by atoms with Crippen LogP contribution in [0.4, 0.5) is 0 Å². The van der Waals surface area contributed by atoms with E-state index >= 15 is 0 Å². The molecule has 0 aliphatic carbocycles. The van der Waals surface area contributed by atoms with Gasteiger partial charge in [-0.15, -0.1) is 0 Å². The van der Waals surface area contributed by atoms with E-state index in [4.69, 9.17) is 9.16 Å². The van der Waals surface area contributed by atoms with Gasteiger partial charge in [-0.2, -0.15) is 0 Å². The lowest BCUT2D eigenvalue weighted by Gasteiger charge is -2.24. The summed E-state index contributed by atoms with van der Waals surface area (Å²) in [5.74, 6) is -0.716. The minimum atomic E-state index is -1.92. The summed E-state index contributed by atoms with van der Waals surface area (Å²) in [6, 6.07) is 0. The first-order valence-electron chi connectivity index (χ1n) is 5.86. The summed E-state index contributed by atoms with van der Waals surface area (Å²) in [7, 11) is -0.469. The lowest BCUT2D eigenvalue weighted by Crippen LogP contribution is -2.38. The van der Waals surface area contributed by atoms with Crippen LogP contribution >= 0.6 is 0 Å². The summed E-state index contributed by atoms with van der Waals surface area (Å²) >= 11 is 0. The maximum Gasteiger partial charge on any atom is 0.334 e. The Labute approximate surface area is 109 Å². The van der Waals surface area contributed by atoms with Crippen LogP contribution in [0.5, 0.6) is 0 Å². The SMILES string of the molecule is CCOC(=O)[C@H](CC(=O)/C=C/OC)O[Si](C)(C)C. The van der Waals surface area contributed by atoms with E-state index in [2.05, 4.69) is 4.74 Å². The van der Waals surface area contributed by atoms with Gasteiger partial charge in [0, 0.05) is 12.5 Å². The van der Waals surface area contributed by atoms with Gasteiger partial charge in [0.1, 0.15) is 0 Å². The van der Waals surface area contributed by atoms with Crippen molar-refractivity contribution in [2.45, 2.75) is 39.1 Å². The molecule has 0 fully saturated rings. The van der Waals surface area contributed by atoms with Gasteiger partial charge < -0.3 is 13.9 Å². The largest absolute Gasteiger partial charge is 0.504 e. The summed E-state index contributed by atoms with van der Waals surface area (Å²) in [4.78, 5) is 23.3. The number of hydrogen-bond donors (Lipinski definition) is 0. The van der Waals surface area contributed by atoms with Gasteiger partial charge in [0.25, 0.3) is 0 Å². The van der Waals surface area contributed by atoms with E-state index in [9.17, 15) is 9.59 Å². The van der Waals surface area contributed by atoms with Crippen molar-refractivity contribution in [3.63, 3.8) is 0 Å². The lowest BCUT2D eigenvalue weighted by molar-refractivity contribution is -0.153. The maximum absolute atomic E-state index is 11.7. The Morgan fingerprint density at radius 3 is 2.33 bits per heavy atom. The Morgan fingerprint density at radius 1 is 1.28 bits per heavy atom. The predicted molar refractivity (Wildman–Crippen MR) is 70.6 cm³/mol. The third kappa shape index (κ3) is 8.02. The van der Waals surface area contributed by atoms with Gasteiger partial charge >= 0.3 is 5.97 Å². The molecule has 1 atom stereocenters. The summed E-state index contributed by atoms with van der Waals surface area (Å²) in [6.07, 6.45) is 1.70. The van der Waals surface area contributed by atoms with E-state index in [0.717, 1.165) is 0 Å². The van der Waals surface area contributed by atoms with E-state index in [0.29, 0.717) is 0 Å². The lowest BCUT2D eigenvalue weighted by atomic mass is 10.2. The van der Waals surface area contributed by atoms with Crippen molar-refractivity contribution in [3.05, 3.63) is 12.3 Å². The number of esters is 1. The van der Waals surface area contributed by atoms with Gasteiger partial charge in [0.05, 0.1) is 20.0 Å². The number of ketones is 1.